The van der Waals surface area contributed by atoms with Crippen molar-refractivity contribution in [3.8, 4) is 5.75 Å². The van der Waals surface area contributed by atoms with Crippen LogP contribution in [0.2, 0.25) is 0 Å². The molecule has 9 nitrogen and oxygen atoms in total. The number of nitro benzene ring substituents is 1. The number of nitrogens with zero attached hydrogens (tertiary/aromatic N) is 4. The Kier molecular flexibility index (Phi) is 5.04. The minimum atomic E-state index is -3.82. The SMILES string of the molecule is Cc1ccc(O)c(S(=O)(=O)N2CCN(c3ccc([N+](=O)[O-])c4cnccc34)CC2)c1. The number of sulfonamides is 1. The Morgan fingerprint density at radius 1 is 1.07 bits per heavy atom. The monoisotopic (exact) mass is 428 g/mol. The summed E-state index contributed by atoms with van der Waals surface area (Å²) in [5.41, 5.74) is 1.53. The van der Waals surface area contributed by atoms with E-state index in [0.29, 0.717) is 23.9 Å². The van der Waals surface area contributed by atoms with Gasteiger partial charge in [0.05, 0.1) is 10.3 Å². The number of aryl methyl sites for hydroxylation is 1. The summed E-state index contributed by atoms with van der Waals surface area (Å²) in [4.78, 5) is 16.8. The second-order valence-electron chi connectivity index (χ2n) is 7.14. The van der Waals surface area contributed by atoms with Crippen LogP contribution in [0.4, 0.5) is 11.4 Å². The van der Waals surface area contributed by atoms with Gasteiger partial charge in [-0.3, -0.25) is 15.1 Å². The van der Waals surface area contributed by atoms with Crippen LogP contribution in [-0.4, -0.2) is 53.9 Å². The molecular formula is C20H20N4O5S. The first-order valence-electron chi connectivity index (χ1n) is 9.35. The number of fused-ring (bicyclic) bond motifs is 1. The molecular weight excluding hydrogens is 408 g/mol. The smallest absolute Gasteiger partial charge is 0.278 e. The molecule has 0 unspecified atom stereocenters. The number of benzene rings is 2. The fraction of sp³-hybridized carbons (Fsp3) is 0.250. The molecule has 2 heterocycles. The third kappa shape index (κ3) is 3.44. The average Bonchev–Trinajstić information content (AvgIpc) is 2.74. The lowest BCUT2D eigenvalue weighted by Gasteiger charge is -2.36. The molecule has 0 saturated carbocycles. The van der Waals surface area contributed by atoms with Crippen molar-refractivity contribution in [3.05, 3.63) is 64.5 Å². The zero-order chi connectivity index (χ0) is 21.5. The van der Waals surface area contributed by atoms with Crippen LogP contribution in [0.1, 0.15) is 5.56 Å². The van der Waals surface area contributed by atoms with Gasteiger partial charge in [0.15, 0.2) is 0 Å². The number of hydrogen-bond donors (Lipinski definition) is 1. The molecule has 2 aromatic carbocycles. The first kappa shape index (κ1) is 20.0. The second-order valence-corrected chi connectivity index (χ2v) is 9.05. The van der Waals surface area contributed by atoms with Gasteiger partial charge in [0.2, 0.25) is 10.0 Å². The highest BCUT2D eigenvalue weighted by molar-refractivity contribution is 7.89. The molecule has 1 N–H and O–H groups in total. The number of anilines is 1. The van der Waals surface area contributed by atoms with Gasteiger partial charge in [-0.2, -0.15) is 4.31 Å². The summed E-state index contributed by atoms with van der Waals surface area (Å²) < 4.78 is 27.4. The molecule has 1 fully saturated rings. The largest absolute Gasteiger partial charge is 0.507 e. The van der Waals surface area contributed by atoms with Gasteiger partial charge in [0.1, 0.15) is 10.6 Å². The van der Waals surface area contributed by atoms with Crippen LogP contribution in [0.15, 0.2) is 53.7 Å². The number of rotatable bonds is 4. The van der Waals surface area contributed by atoms with Crippen LogP contribution >= 0.6 is 0 Å². The molecule has 0 bridgehead atoms. The van der Waals surface area contributed by atoms with E-state index >= 15 is 0 Å². The van der Waals surface area contributed by atoms with Gasteiger partial charge in [-0.05, 0) is 36.8 Å². The van der Waals surface area contributed by atoms with Gasteiger partial charge in [-0.15, -0.1) is 0 Å². The molecule has 0 spiro atoms. The van der Waals surface area contributed by atoms with Gasteiger partial charge in [0, 0.05) is 55.7 Å². The predicted molar refractivity (Wildman–Crippen MR) is 112 cm³/mol. The molecule has 1 aromatic heterocycles. The van der Waals surface area contributed by atoms with Crippen LogP contribution in [0, 0.1) is 17.0 Å². The number of nitro groups is 1. The lowest BCUT2D eigenvalue weighted by atomic mass is 10.1. The minimum Gasteiger partial charge on any atom is -0.507 e. The molecule has 0 amide bonds. The van der Waals surface area contributed by atoms with Crippen molar-refractivity contribution in [1.82, 2.24) is 9.29 Å². The van der Waals surface area contributed by atoms with Gasteiger partial charge in [-0.1, -0.05) is 6.07 Å². The highest BCUT2D eigenvalue weighted by Gasteiger charge is 2.31. The highest BCUT2D eigenvalue weighted by Crippen LogP contribution is 2.34. The Bertz CT molecular complexity index is 1240. The number of non-ortho nitro benzene ring substituents is 1. The van der Waals surface area contributed by atoms with Gasteiger partial charge >= 0.3 is 0 Å². The lowest BCUT2D eigenvalue weighted by Crippen LogP contribution is -2.48. The van der Waals surface area contributed by atoms with Crippen LogP contribution in [0.25, 0.3) is 10.8 Å². The first-order chi connectivity index (χ1) is 14.3. The van der Waals surface area contributed by atoms with Gasteiger partial charge in [-0.25, -0.2) is 8.42 Å². The number of pyridine rings is 1. The molecule has 1 saturated heterocycles. The maximum atomic E-state index is 13.0. The predicted octanol–water partition coefficient (Wildman–Crippen LogP) is 2.67. The number of aromatic nitrogens is 1. The van der Waals surface area contributed by atoms with Gasteiger partial charge in [0.25, 0.3) is 5.69 Å². The van der Waals surface area contributed by atoms with Crippen molar-refractivity contribution in [2.24, 2.45) is 0 Å². The molecule has 156 valence electrons. The van der Waals surface area contributed by atoms with Crippen molar-refractivity contribution in [2.75, 3.05) is 31.1 Å². The maximum absolute atomic E-state index is 13.0. The van der Waals surface area contributed by atoms with Crippen LogP contribution in [-0.2, 0) is 10.0 Å². The van der Waals surface area contributed by atoms with E-state index in [4.69, 9.17) is 0 Å². The molecule has 30 heavy (non-hydrogen) atoms. The summed E-state index contributed by atoms with van der Waals surface area (Å²) in [5, 5.41) is 22.5. The minimum absolute atomic E-state index is 0.0158. The standard InChI is InChI=1S/C20H20N4O5S/c1-14-2-5-19(25)20(12-14)30(28,29)23-10-8-22(9-11-23)17-3-4-18(24(26)27)16-13-21-7-6-15(16)17/h2-7,12-13,25H,8-11H2,1H3. The summed E-state index contributed by atoms with van der Waals surface area (Å²) in [5.74, 6) is -0.267. The quantitative estimate of drug-likeness (QED) is 0.501. The van der Waals surface area contributed by atoms with E-state index in [2.05, 4.69) is 4.98 Å². The Hall–Kier alpha value is -3.24. The van der Waals surface area contributed by atoms with E-state index in [0.717, 1.165) is 11.3 Å². The number of phenolic OH excluding ortho intramolecular Hbond substituents is 1. The molecule has 0 atom stereocenters. The van der Waals surface area contributed by atoms with E-state index < -0.39 is 14.9 Å². The molecule has 4 rings (SSSR count). The summed E-state index contributed by atoms with van der Waals surface area (Å²) in [6.07, 6.45) is 3.05. The molecule has 0 radical (unpaired) electrons. The van der Waals surface area contributed by atoms with Crippen molar-refractivity contribution in [2.45, 2.75) is 11.8 Å². The number of piperazine rings is 1. The summed E-state index contributed by atoms with van der Waals surface area (Å²) >= 11 is 0. The van der Waals surface area contributed by atoms with Crippen molar-refractivity contribution in [1.29, 1.82) is 0 Å². The highest BCUT2D eigenvalue weighted by atomic mass is 32.2. The fourth-order valence-electron chi connectivity index (χ4n) is 3.73. The van der Waals surface area contributed by atoms with Crippen LogP contribution < -0.4 is 4.90 Å². The number of aromatic hydroxyl groups is 1. The fourth-order valence-corrected chi connectivity index (χ4v) is 5.32. The van der Waals surface area contributed by atoms with E-state index in [1.165, 1.54) is 28.7 Å². The van der Waals surface area contributed by atoms with E-state index in [1.54, 1.807) is 31.3 Å². The van der Waals surface area contributed by atoms with Gasteiger partial charge < -0.3 is 10.0 Å². The van der Waals surface area contributed by atoms with E-state index in [-0.39, 0.29) is 29.4 Å². The zero-order valence-corrected chi connectivity index (χ0v) is 17.0. The maximum Gasteiger partial charge on any atom is 0.278 e. The topological polar surface area (TPSA) is 117 Å². The zero-order valence-electron chi connectivity index (χ0n) is 16.2. The van der Waals surface area contributed by atoms with Crippen LogP contribution in [0.3, 0.4) is 0 Å². The summed E-state index contributed by atoms with van der Waals surface area (Å²) in [6.45, 7) is 3.07. The lowest BCUT2D eigenvalue weighted by molar-refractivity contribution is -0.383. The molecule has 1 aliphatic heterocycles. The number of hydrogen-bond acceptors (Lipinski definition) is 7. The van der Waals surface area contributed by atoms with Crippen molar-refractivity contribution >= 4 is 32.2 Å². The summed E-state index contributed by atoms with van der Waals surface area (Å²) in [7, 11) is -3.82. The molecule has 10 heteroatoms. The second kappa shape index (κ2) is 7.54. The molecule has 1 aliphatic rings. The Morgan fingerprint density at radius 3 is 2.50 bits per heavy atom. The van der Waals surface area contributed by atoms with E-state index in [9.17, 15) is 23.6 Å². The first-order valence-corrected chi connectivity index (χ1v) is 10.8. The van der Waals surface area contributed by atoms with Crippen molar-refractivity contribution in [3.63, 3.8) is 0 Å². The normalized spacial score (nSPS) is 15.4. The third-order valence-electron chi connectivity index (χ3n) is 5.28. The Labute approximate surface area is 173 Å². The Balaban J connectivity index is 1.61. The van der Waals surface area contributed by atoms with Crippen molar-refractivity contribution < 1.29 is 18.4 Å². The van der Waals surface area contributed by atoms with E-state index in [1.807, 2.05) is 4.90 Å². The summed E-state index contributed by atoms with van der Waals surface area (Å²) in [6, 6.07) is 9.38. The molecule has 3 aromatic rings. The Morgan fingerprint density at radius 2 is 1.80 bits per heavy atom. The number of phenols is 1. The average molecular weight is 428 g/mol. The van der Waals surface area contributed by atoms with Crippen LogP contribution in [0.5, 0.6) is 5.75 Å². The molecule has 0 aliphatic carbocycles. The third-order valence-corrected chi connectivity index (χ3v) is 7.21.